The van der Waals surface area contributed by atoms with Gasteiger partial charge in [-0.3, -0.25) is 4.79 Å². The second kappa shape index (κ2) is 6.93. The molecule has 0 aliphatic heterocycles. The zero-order valence-corrected chi connectivity index (χ0v) is 13.0. The molecule has 1 amide bonds. The number of tetrazole rings is 1. The molecule has 1 N–H and O–H groups in total. The van der Waals surface area contributed by atoms with Crippen LogP contribution in [0.3, 0.4) is 0 Å². The van der Waals surface area contributed by atoms with Gasteiger partial charge in [-0.05, 0) is 53.1 Å². The molecule has 2 aromatic heterocycles. The molecule has 0 atom stereocenters. The van der Waals surface area contributed by atoms with Crippen molar-refractivity contribution in [3.05, 3.63) is 54.5 Å². The van der Waals surface area contributed by atoms with E-state index in [0.717, 1.165) is 5.69 Å². The Morgan fingerprint density at radius 2 is 2.26 bits per heavy atom. The van der Waals surface area contributed by atoms with E-state index in [9.17, 15) is 4.79 Å². The summed E-state index contributed by atoms with van der Waals surface area (Å²) < 4.78 is 6.74. The fourth-order valence-electron chi connectivity index (χ4n) is 1.91. The van der Waals surface area contributed by atoms with Crippen LogP contribution < -0.4 is 5.32 Å². The van der Waals surface area contributed by atoms with Crippen molar-refractivity contribution in [1.29, 1.82) is 0 Å². The van der Waals surface area contributed by atoms with Crippen LogP contribution in [0, 0.1) is 0 Å². The van der Waals surface area contributed by atoms with Gasteiger partial charge in [-0.1, -0.05) is 17.8 Å². The maximum Gasteiger partial charge on any atom is 0.248 e. The molecule has 0 aliphatic carbocycles. The number of carbonyl (C=O) groups is 1. The van der Waals surface area contributed by atoms with Crippen LogP contribution in [-0.4, -0.2) is 32.4 Å². The number of carbonyl (C=O) groups excluding carboxylic acids is 1. The highest BCUT2D eigenvalue weighted by Gasteiger charge is 2.08. The van der Waals surface area contributed by atoms with E-state index >= 15 is 0 Å². The van der Waals surface area contributed by atoms with Crippen LogP contribution >= 0.6 is 11.8 Å². The molecule has 7 nitrogen and oxygen atoms in total. The van der Waals surface area contributed by atoms with E-state index in [-0.39, 0.29) is 5.91 Å². The Morgan fingerprint density at radius 1 is 1.35 bits per heavy atom. The van der Waals surface area contributed by atoms with Gasteiger partial charge in [0.05, 0.1) is 12.0 Å². The largest absolute Gasteiger partial charge is 0.465 e. The number of rotatable bonds is 5. The lowest BCUT2D eigenvalue weighted by Gasteiger charge is -2.06. The zero-order chi connectivity index (χ0) is 16.1. The van der Waals surface area contributed by atoms with Crippen LogP contribution in [0.25, 0.3) is 11.8 Å². The van der Waals surface area contributed by atoms with Crippen LogP contribution in [0.1, 0.15) is 5.76 Å². The first-order chi connectivity index (χ1) is 11.3. The summed E-state index contributed by atoms with van der Waals surface area (Å²) in [5.41, 5.74) is 1.42. The molecule has 0 saturated heterocycles. The zero-order valence-electron chi connectivity index (χ0n) is 12.2. The topological polar surface area (TPSA) is 85.8 Å². The van der Waals surface area contributed by atoms with E-state index in [1.165, 1.54) is 17.8 Å². The first kappa shape index (κ1) is 15.0. The molecular formula is C15H13N5O2S. The first-order valence-corrected chi connectivity index (χ1v) is 7.94. The first-order valence-electron chi connectivity index (χ1n) is 6.71. The van der Waals surface area contributed by atoms with Gasteiger partial charge in [0, 0.05) is 11.8 Å². The van der Waals surface area contributed by atoms with Gasteiger partial charge in [-0.15, -0.1) is 5.10 Å². The number of anilines is 1. The summed E-state index contributed by atoms with van der Waals surface area (Å²) in [4.78, 5) is 11.9. The number of hydrogen-bond donors (Lipinski definition) is 1. The predicted octanol–water partition coefficient (Wildman–Crippen LogP) is 2.63. The summed E-state index contributed by atoms with van der Waals surface area (Å²) in [6.07, 6.45) is 6.46. The Morgan fingerprint density at radius 3 is 3.04 bits per heavy atom. The number of thioether (sulfide) groups is 1. The molecule has 0 unspecified atom stereocenters. The van der Waals surface area contributed by atoms with Gasteiger partial charge in [-0.25, -0.2) is 0 Å². The van der Waals surface area contributed by atoms with Crippen molar-refractivity contribution in [3.8, 4) is 5.69 Å². The molecule has 0 bridgehead atoms. The van der Waals surface area contributed by atoms with Crippen LogP contribution in [0.4, 0.5) is 5.69 Å². The van der Waals surface area contributed by atoms with Gasteiger partial charge in [-0.2, -0.15) is 4.68 Å². The second-order valence-corrected chi connectivity index (χ2v) is 5.24. The SMILES string of the molecule is CSc1nnnn1-c1cccc(NC(=O)/C=C/c2ccco2)c1. The standard InChI is InChI=1S/C15H13N5O2S/c1-23-15-17-18-19-20(15)12-5-2-4-11(10-12)16-14(21)8-7-13-6-3-9-22-13/h2-10H,1H3,(H,16,21)/b8-7+. The normalized spacial score (nSPS) is 11.0. The van der Waals surface area contributed by atoms with E-state index < -0.39 is 0 Å². The van der Waals surface area contributed by atoms with Gasteiger partial charge in [0.2, 0.25) is 11.1 Å². The molecule has 23 heavy (non-hydrogen) atoms. The van der Waals surface area contributed by atoms with Crippen LogP contribution in [0.2, 0.25) is 0 Å². The fourth-order valence-corrected chi connectivity index (χ4v) is 2.34. The Bertz CT molecular complexity index is 826. The second-order valence-electron chi connectivity index (χ2n) is 4.47. The van der Waals surface area contributed by atoms with Crippen molar-refractivity contribution >= 4 is 29.4 Å². The van der Waals surface area contributed by atoms with E-state index in [1.807, 2.05) is 18.4 Å². The minimum absolute atomic E-state index is 0.250. The maximum atomic E-state index is 11.9. The van der Waals surface area contributed by atoms with E-state index in [2.05, 4.69) is 20.8 Å². The van der Waals surface area contributed by atoms with E-state index in [1.54, 1.807) is 41.3 Å². The molecule has 0 saturated carbocycles. The number of hydrogen-bond acceptors (Lipinski definition) is 6. The summed E-state index contributed by atoms with van der Waals surface area (Å²) in [5, 5.41) is 15.0. The third-order valence-electron chi connectivity index (χ3n) is 2.92. The Hall–Kier alpha value is -2.87. The number of benzene rings is 1. The number of nitrogens with zero attached hydrogens (tertiary/aromatic N) is 4. The molecule has 3 aromatic rings. The highest BCUT2D eigenvalue weighted by Crippen LogP contribution is 2.18. The number of furan rings is 1. The molecule has 0 spiro atoms. The molecule has 2 heterocycles. The average Bonchev–Trinajstić information content (AvgIpc) is 3.24. The maximum absolute atomic E-state index is 11.9. The molecule has 3 rings (SSSR count). The number of amides is 1. The minimum atomic E-state index is -0.250. The highest BCUT2D eigenvalue weighted by atomic mass is 32.2. The average molecular weight is 327 g/mol. The molecule has 8 heteroatoms. The lowest BCUT2D eigenvalue weighted by molar-refractivity contribution is -0.111. The lowest BCUT2D eigenvalue weighted by atomic mass is 10.2. The molecule has 0 radical (unpaired) electrons. The van der Waals surface area contributed by atoms with Gasteiger partial charge in [0.1, 0.15) is 5.76 Å². The predicted molar refractivity (Wildman–Crippen MR) is 87.3 cm³/mol. The summed E-state index contributed by atoms with van der Waals surface area (Å²) in [5.74, 6) is 0.368. The minimum Gasteiger partial charge on any atom is -0.465 e. The van der Waals surface area contributed by atoms with Crippen molar-refractivity contribution in [3.63, 3.8) is 0 Å². The summed E-state index contributed by atoms with van der Waals surface area (Å²) >= 11 is 1.44. The van der Waals surface area contributed by atoms with E-state index in [0.29, 0.717) is 16.6 Å². The Balaban J connectivity index is 1.74. The van der Waals surface area contributed by atoms with Crippen molar-refractivity contribution in [2.75, 3.05) is 11.6 Å². The third-order valence-corrected chi connectivity index (χ3v) is 3.54. The van der Waals surface area contributed by atoms with Crippen molar-refractivity contribution < 1.29 is 9.21 Å². The van der Waals surface area contributed by atoms with Crippen molar-refractivity contribution in [1.82, 2.24) is 20.2 Å². The summed E-state index contributed by atoms with van der Waals surface area (Å²) in [6, 6.07) is 10.8. The van der Waals surface area contributed by atoms with Crippen LogP contribution in [-0.2, 0) is 4.79 Å². The van der Waals surface area contributed by atoms with E-state index in [4.69, 9.17) is 4.42 Å². The third kappa shape index (κ3) is 3.67. The monoisotopic (exact) mass is 327 g/mol. The van der Waals surface area contributed by atoms with Gasteiger partial charge >= 0.3 is 0 Å². The molecule has 1 aromatic carbocycles. The van der Waals surface area contributed by atoms with Gasteiger partial charge < -0.3 is 9.73 Å². The van der Waals surface area contributed by atoms with Crippen molar-refractivity contribution in [2.24, 2.45) is 0 Å². The highest BCUT2D eigenvalue weighted by molar-refractivity contribution is 7.98. The Labute approximate surface area is 136 Å². The molecule has 0 aliphatic rings. The molecular weight excluding hydrogens is 314 g/mol. The number of aromatic nitrogens is 4. The smallest absolute Gasteiger partial charge is 0.248 e. The quantitative estimate of drug-likeness (QED) is 0.573. The Kier molecular flexibility index (Phi) is 4.53. The summed E-state index contributed by atoms with van der Waals surface area (Å²) in [6.45, 7) is 0. The van der Waals surface area contributed by atoms with Gasteiger partial charge in [0.15, 0.2) is 0 Å². The fraction of sp³-hybridized carbons (Fsp3) is 0.0667. The lowest BCUT2D eigenvalue weighted by Crippen LogP contribution is -2.08. The molecule has 0 fully saturated rings. The number of nitrogens with one attached hydrogen (secondary N) is 1. The molecule has 116 valence electrons. The van der Waals surface area contributed by atoms with Gasteiger partial charge in [0.25, 0.3) is 0 Å². The summed E-state index contributed by atoms with van der Waals surface area (Å²) in [7, 11) is 0. The van der Waals surface area contributed by atoms with Crippen LogP contribution in [0.15, 0.2) is 58.3 Å². The van der Waals surface area contributed by atoms with Crippen LogP contribution in [0.5, 0.6) is 0 Å². The van der Waals surface area contributed by atoms with Crippen molar-refractivity contribution in [2.45, 2.75) is 5.16 Å².